The molecule has 2 aromatic heterocycles. The van der Waals surface area contributed by atoms with Crippen LogP contribution in [0.2, 0.25) is 0 Å². The zero-order valence-corrected chi connectivity index (χ0v) is 11.1. The second kappa shape index (κ2) is 6.13. The third-order valence-corrected chi connectivity index (χ3v) is 2.79. The standard InChI is InChI=1S/C14H17N3O2/c1-10(5-6-12-4-3-7-19-12)17-14(18)13-9-15-11(2)8-16-13/h3-4,7-10H,5-6H2,1-2H3,(H,17,18). The molecule has 5 nitrogen and oxygen atoms in total. The van der Waals surface area contributed by atoms with Crippen LogP contribution in [0.1, 0.15) is 35.3 Å². The van der Waals surface area contributed by atoms with Crippen LogP contribution >= 0.6 is 0 Å². The molecule has 1 atom stereocenters. The van der Waals surface area contributed by atoms with Crippen LogP contribution in [0, 0.1) is 6.92 Å². The van der Waals surface area contributed by atoms with Crippen molar-refractivity contribution in [2.75, 3.05) is 0 Å². The van der Waals surface area contributed by atoms with Crippen molar-refractivity contribution in [1.29, 1.82) is 0 Å². The van der Waals surface area contributed by atoms with E-state index < -0.39 is 0 Å². The molecule has 0 saturated heterocycles. The molecule has 2 aromatic rings. The lowest BCUT2D eigenvalue weighted by molar-refractivity contribution is 0.0932. The van der Waals surface area contributed by atoms with E-state index in [2.05, 4.69) is 15.3 Å². The maximum Gasteiger partial charge on any atom is 0.271 e. The van der Waals surface area contributed by atoms with E-state index in [9.17, 15) is 4.79 Å². The van der Waals surface area contributed by atoms with Crippen LogP contribution in [-0.2, 0) is 6.42 Å². The minimum absolute atomic E-state index is 0.0562. The number of carbonyl (C=O) groups is 1. The molecule has 5 heteroatoms. The van der Waals surface area contributed by atoms with Gasteiger partial charge < -0.3 is 9.73 Å². The zero-order valence-electron chi connectivity index (χ0n) is 11.1. The average molecular weight is 259 g/mol. The van der Waals surface area contributed by atoms with E-state index in [1.807, 2.05) is 26.0 Å². The average Bonchev–Trinajstić information content (AvgIpc) is 2.90. The number of aryl methyl sites for hydroxylation is 2. The lowest BCUT2D eigenvalue weighted by Crippen LogP contribution is -2.33. The summed E-state index contributed by atoms with van der Waals surface area (Å²) in [7, 11) is 0. The van der Waals surface area contributed by atoms with Crippen LogP contribution in [0.25, 0.3) is 0 Å². The normalized spacial score (nSPS) is 12.1. The van der Waals surface area contributed by atoms with E-state index in [4.69, 9.17) is 4.42 Å². The quantitative estimate of drug-likeness (QED) is 0.893. The Morgan fingerprint density at radius 3 is 2.89 bits per heavy atom. The van der Waals surface area contributed by atoms with Crippen molar-refractivity contribution in [3.63, 3.8) is 0 Å². The fourth-order valence-corrected chi connectivity index (χ4v) is 1.69. The zero-order chi connectivity index (χ0) is 13.7. The van der Waals surface area contributed by atoms with Crippen molar-refractivity contribution in [2.24, 2.45) is 0 Å². The van der Waals surface area contributed by atoms with E-state index in [0.29, 0.717) is 5.69 Å². The van der Waals surface area contributed by atoms with E-state index in [-0.39, 0.29) is 11.9 Å². The van der Waals surface area contributed by atoms with Gasteiger partial charge in [0, 0.05) is 18.7 Å². The Kier molecular flexibility index (Phi) is 4.28. The summed E-state index contributed by atoms with van der Waals surface area (Å²) in [5, 5.41) is 2.89. The van der Waals surface area contributed by atoms with Crippen LogP contribution in [-0.4, -0.2) is 21.9 Å². The van der Waals surface area contributed by atoms with E-state index in [1.54, 1.807) is 12.5 Å². The summed E-state index contributed by atoms with van der Waals surface area (Å²) >= 11 is 0. The minimum Gasteiger partial charge on any atom is -0.469 e. The van der Waals surface area contributed by atoms with Gasteiger partial charge in [-0.25, -0.2) is 4.98 Å². The first-order valence-corrected chi connectivity index (χ1v) is 6.27. The lowest BCUT2D eigenvalue weighted by atomic mass is 10.1. The first-order chi connectivity index (χ1) is 9.15. The van der Waals surface area contributed by atoms with E-state index >= 15 is 0 Å². The Hall–Kier alpha value is -2.17. The Bertz CT molecular complexity index is 520. The van der Waals surface area contributed by atoms with Crippen LogP contribution in [0.15, 0.2) is 35.2 Å². The highest BCUT2D eigenvalue weighted by atomic mass is 16.3. The van der Waals surface area contributed by atoms with E-state index in [0.717, 1.165) is 24.3 Å². The lowest BCUT2D eigenvalue weighted by Gasteiger charge is -2.12. The first-order valence-electron chi connectivity index (χ1n) is 6.27. The number of hydrogen-bond donors (Lipinski definition) is 1. The van der Waals surface area contributed by atoms with Gasteiger partial charge in [-0.05, 0) is 32.4 Å². The van der Waals surface area contributed by atoms with Crippen molar-refractivity contribution in [1.82, 2.24) is 15.3 Å². The smallest absolute Gasteiger partial charge is 0.271 e. The monoisotopic (exact) mass is 259 g/mol. The van der Waals surface area contributed by atoms with Gasteiger partial charge in [-0.2, -0.15) is 0 Å². The number of hydrogen-bond acceptors (Lipinski definition) is 4. The Morgan fingerprint density at radius 1 is 1.42 bits per heavy atom. The second-order valence-corrected chi connectivity index (χ2v) is 4.54. The predicted molar refractivity (Wildman–Crippen MR) is 70.7 cm³/mol. The largest absolute Gasteiger partial charge is 0.469 e. The molecule has 0 aliphatic rings. The summed E-state index contributed by atoms with van der Waals surface area (Å²) in [5.74, 6) is 0.732. The van der Waals surface area contributed by atoms with Crippen molar-refractivity contribution in [2.45, 2.75) is 32.7 Å². The number of amides is 1. The number of nitrogens with one attached hydrogen (secondary N) is 1. The molecular formula is C14H17N3O2. The van der Waals surface area contributed by atoms with E-state index in [1.165, 1.54) is 6.20 Å². The van der Waals surface area contributed by atoms with Gasteiger partial charge in [0.05, 0.1) is 18.2 Å². The molecular weight excluding hydrogens is 242 g/mol. The molecule has 2 rings (SSSR count). The second-order valence-electron chi connectivity index (χ2n) is 4.54. The van der Waals surface area contributed by atoms with Crippen LogP contribution in [0.3, 0.4) is 0 Å². The van der Waals surface area contributed by atoms with Crippen LogP contribution in [0.5, 0.6) is 0 Å². The summed E-state index contributed by atoms with van der Waals surface area (Å²) in [6.07, 6.45) is 6.35. The van der Waals surface area contributed by atoms with Crippen LogP contribution < -0.4 is 5.32 Å². The third-order valence-electron chi connectivity index (χ3n) is 2.79. The summed E-state index contributed by atoms with van der Waals surface area (Å²) in [6.45, 7) is 3.79. The van der Waals surface area contributed by atoms with Crippen molar-refractivity contribution in [3.05, 3.63) is 47.9 Å². The van der Waals surface area contributed by atoms with Crippen molar-refractivity contribution < 1.29 is 9.21 Å². The summed E-state index contributed by atoms with van der Waals surface area (Å²) < 4.78 is 5.25. The van der Waals surface area contributed by atoms with Gasteiger partial charge in [0.25, 0.3) is 5.91 Å². The maximum absolute atomic E-state index is 11.9. The van der Waals surface area contributed by atoms with Gasteiger partial charge in [-0.1, -0.05) is 0 Å². The number of carbonyl (C=O) groups excluding carboxylic acids is 1. The molecule has 0 aliphatic carbocycles. The number of rotatable bonds is 5. The van der Waals surface area contributed by atoms with Gasteiger partial charge in [0.1, 0.15) is 11.5 Å². The molecule has 1 unspecified atom stereocenters. The molecule has 0 aliphatic heterocycles. The fourth-order valence-electron chi connectivity index (χ4n) is 1.69. The molecule has 0 aromatic carbocycles. The van der Waals surface area contributed by atoms with Crippen molar-refractivity contribution >= 4 is 5.91 Å². The fraction of sp³-hybridized carbons (Fsp3) is 0.357. The topological polar surface area (TPSA) is 68.0 Å². The highest BCUT2D eigenvalue weighted by Gasteiger charge is 2.11. The highest BCUT2D eigenvalue weighted by Crippen LogP contribution is 2.06. The van der Waals surface area contributed by atoms with Gasteiger partial charge in [-0.3, -0.25) is 9.78 Å². The minimum atomic E-state index is -0.195. The SMILES string of the molecule is Cc1cnc(C(=O)NC(C)CCc2ccco2)cn1. The Morgan fingerprint density at radius 2 is 2.26 bits per heavy atom. The Balaban J connectivity index is 1.83. The first kappa shape index (κ1) is 13.3. The molecule has 0 spiro atoms. The highest BCUT2D eigenvalue weighted by molar-refractivity contribution is 5.92. The van der Waals surface area contributed by atoms with Crippen molar-refractivity contribution in [3.8, 4) is 0 Å². The molecule has 0 radical (unpaired) electrons. The molecule has 0 fully saturated rings. The number of furan rings is 1. The molecule has 1 amide bonds. The molecule has 2 heterocycles. The summed E-state index contributed by atoms with van der Waals surface area (Å²) in [6, 6.07) is 3.85. The molecule has 100 valence electrons. The molecule has 1 N–H and O–H groups in total. The predicted octanol–water partition coefficient (Wildman–Crippen LogP) is 2.13. The molecule has 19 heavy (non-hydrogen) atoms. The maximum atomic E-state index is 11.9. The van der Waals surface area contributed by atoms with Gasteiger partial charge in [-0.15, -0.1) is 0 Å². The van der Waals surface area contributed by atoms with Gasteiger partial charge in [0.2, 0.25) is 0 Å². The Labute approximate surface area is 112 Å². The van der Waals surface area contributed by atoms with Gasteiger partial charge >= 0.3 is 0 Å². The summed E-state index contributed by atoms with van der Waals surface area (Å²) in [4.78, 5) is 20.0. The summed E-state index contributed by atoms with van der Waals surface area (Å²) in [5.41, 5.74) is 1.14. The molecule has 0 bridgehead atoms. The number of nitrogens with zero attached hydrogens (tertiary/aromatic N) is 2. The number of aromatic nitrogens is 2. The third kappa shape index (κ3) is 3.91. The molecule has 0 saturated carbocycles. The van der Waals surface area contributed by atoms with Crippen LogP contribution in [0.4, 0.5) is 0 Å². The van der Waals surface area contributed by atoms with Gasteiger partial charge in [0.15, 0.2) is 0 Å².